The molecule has 1 aromatic heterocycles. The van der Waals surface area contributed by atoms with Gasteiger partial charge in [0.05, 0.1) is 5.69 Å². The minimum atomic E-state index is -3.72. The Bertz CT molecular complexity index is 719. The predicted molar refractivity (Wildman–Crippen MR) is 74.3 cm³/mol. The first kappa shape index (κ1) is 13.4. The Balaban J connectivity index is 2.42. The van der Waals surface area contributed by atoms with Crippen molar-refractivity contribution in [3.8, 4) is 0 Å². The number of anilines is 2. The van der Waals surface area contributed by atoms with Crippen LogP contribution < -0.4 is 10.5 Å². The number of nitrogens with zero attached hydrogens (tertiary/aromatic N) is 2. The molecule has 0 radical (unpaired) electrons. The molecule has 0 unspecified atom stereocenters. The lowest BCUT2D eigenvalue weighted by Gasteiger charge is -2.10. The van der Waals surface area contributed by atoms with Crippen LogP contribution >= 0.6 is 0 Å². The van der Waals surface area contributed by atoms with Crippen LogP contribution in [-0.4, -0.2) is 18.2 Å². The highest BCUT2D eigenvalue weighted by Crippen LogP contribution is 2.23. The molecule has 0 spiro atoms. The van der Waals surface area contributed by atoms with E-state index in [4.69, 9.17) is 5.73 Å². The quantitative estimate of drug-likeness (QED) is 0.889. The van der Waals surface area contributed by atoms with Crippen LogP contribution in [-0.2, 0) is 17.1 Å². The van der Waals surface area contributed by atoms with E-state index in [1.54, 1.807) is 13.1 Å². The molecule has 102 valence electrons. The normalized spacial score (nSPS) is 11.5. The molecule has 19 heavy (non-hydrogen) atoms. The molecular formula is C12H16N4O2S. The van der Waals surface area contributed by atoms with Gasteiger partial charge in [0.1, 0.15) is 4.90 Å². The standard InChI is InChI=1S/C12H16N4O2S/c1-8-4-5-9(2)10(6-8)15-19(17,18)11-7-16(3)14-12(11)13/h4-7,15H,1-3H3,(H2,13,14). The van der Waals surface area contributed by atoms with Gasteiger partial charge in [-0.2, -0.15) is 5.10 Å². The maximum atomic E-state index is 12.3. The summed E-state index contributed by atoms with van der Waals surface area (Å²) in [5.74, 6) is -0.0136. The lowest BCUT2D eigenvalue weighted by molar-refractivity contribution is 0.601. The molecule has 0 saturated carbocycles. The fourth-order valence-electron chi connectivity index (χ4n) is 1.74. The van der Waals surface area contributed by atoms with Gasteiger partial charge in [-0.1, -0.05) is 12.1 Å². The summed E-state index contributed by atoms with van der Waals surface area (Å²) in [5, 5.41) is 3.83. The Hall–Kier alpha value is -2.02. The second-order valence-corrected chi connectivity index (χ2v) is 6.13. The average molecular weight is 280 g/mol. The molecule has 0 aliphatic rings. The van der Waals surface area contributed by atoms with Crippen molar-refractivity contribution in [2.75, 3.05) is 10.5 Å². The van der Waals surface area contributed by atoms with Crippen molar-refractivity contribution in [1.29, 1.82) is 0 Å². The number of hydrogen-bond acceptors (Lipinski definition) is 4. The van der Waals surface area contributed by atoms with Crippen molar-refractivity contribution in [2.45, 2.75) is 18.7 Å². The van der Waals surface area contributed by atoms with Gasteiger partial charge in [-0.3, -0.25) is 9.40 Å². The van der Waals surface area contributed by atoms with Crippen LogP contribution in [0.3, 0.4) is 0 Å². The number of nitrogen functional groups attached to an aromatic ring is 1. The summed E-state index contributed by atoms with van der Waals surface area (Å²) < 4.78 is 28.4. The van der Waals surface area contributed by atoms with Crippen LogP contribution in [0.2, 0.25) is 0 Å². The van der Waals surface area contributed by atoms with Gasteiger partial charge in [-0.05, 0) is 31.0 Å². The van der Waals surface area contributed by atoms with Gasteiger partial charge in [0.25, 0.3) is 10.0 Å². The Labute approximate surface area is 112 Å². The maximum Gasteiger partial charge on any atom is 0.267 e. The molecule has 3 N–H and O–H groups in total. The Morgan fingerprint density at radius 2 is 2.00 bits per heavy atom. The zero-order valence-corrected chi connectivity index (χ0v) is 11.8. The van der Waals surface area contributed by atoms with E-state index in [1.165, 1.54) is 10.9 Å². The van der Waals surface area contributed by atoms with E-state index >= 15 is 0 Å². The summed E-state index contributed by atoms with van der Waals surface area (Å²) >= 11 is 0. The van der Waals surface area contributed by atoms with E-state index in [2.05, 4.69) is 9.82 Å². The first-order valence-corrected chi connectivity index (χ1v) is 7.17. The molecule has 2 rings (SSSR count). The molecule has 7 heteroatoms. The highest BCUT2D eigenvalue weighted by atomic mass is 32.2. The highest BCUT2D eigenvalue weighted by Gasteiger charge is 2.21. The number of nitrogens with two attached hydrogens (primary N) is 1. The molecule has 0 saturated heterocycles. The lowest BCUT2D eigenvalue weighted by Crippen LogP contribution is -2.14. The van der Waals surface area contributed by atoms with E-state index in [0.717, 1.165) is 11.1 Å². The topological polar surface area (TPSA) is 90.0 Å². The summed E-state index contributed by atoms with van der Waals surface area (Å²) in [4.78, 5) is -0.0177. The molecule has 0 aliphatic carbocycles. The van der Waals surface area contributed by atoms with Crippen LogP contribution in [0, 0.1) is 13.8 Å². The van der Waals surface area contributed by atoms with E-state index in [-0.39, 0.29) is 10.7 Å². The highest BCUT2D eigenvalue weighted by molar-refractivity contribution is 7.92. The molecule has 0 atom stereocenters. The largest absolute Gasteiger partial charge is 0.381 e. The zero-order chi connectivity index (χ0) is 14.2. The van der Waals surface area contributed by atoms with Gasteiger partial charge in [0, 0.05) is 13.2 Å². The third-order valence-corrected chi connectivity index (χ3v) is 4.13. The number of aromatic nitrogens is 2. The minimum absolute atomic E-state index is 0.0136. The fraction of sp³-hybridized carbons (Fsp3) is 0.250. The van der Waals surface area contributed by atoms with Gasteiger partial charge in [0.15, 0.2) is 5.82 Å². The zero-order valence-electron chi connectivity index (χ0n) is 11.0. The number of rotatable bonds is 3. The molecule has 0 bridgehead atoms. The molecule has 1 heterocycles. The van der Waals surface area contributed by atoms with Gasteiger partial charge in [-0.25, -0.2) is 8.42 Å². The van der Waals surface area contributed by atoms with E-state index in [0.29, 0.717) is 5.69 Å². The van der Waals surface area contributed by atoms with Crippen molar-refractivity contribution < 1.29 is 8.42 Å². The van der Waals surface area contributed by atoms with Crippen molar-refractivity contribution in [2.24, 2.45) is 7.05 Å². The van der Waals surface area contributed by atoms with Crippen LogP contribution in [0.5, 0.6) is 0 Å². The first-order chi connectivity index (χ1) is 8.79. The van der Waals surface area contributed by atoms with Crippen LogP contribution in [0.15, 0.2) is 29.3 Å². The van der Waals surface area contributed by atoms with Crippen molar-refractivity contribution in [3.63, 3.8) is 0 Å². The van der Waals surface area contributed by atoms with Crippen LogP contribution in [0.1, 0.15) is 11.1 Å². The third kappa shape index (κ3) is 2.70. The van der Waals surface area contributed by atoms with Crippen LogP contribution in [0.25, 0.3) is 0 Å². The van der Waals surface area contributed by atoms with Gasteiger partial charge in [-0.15, -0.1) is 0 Å². The lowest BCUT2D eigenvalue weighted by atomic mass is 10.1. The van der Waals surface area contributed by atoms with Crippen molar-refractivity contribution >= 4 is 21.5 Å². The van der Waals surface area contributed by atoms with Gasteiger partial charge >= 0.3 is 0 Å². The van der Waals surface area contributed by atoms with Gasteiger partial charge < -0.3 is 5.73 Å². The van der Waals surface area contributed by atoms with Crippen molar-refractivity contribution in [1.82, 2.24) is 9.78 Å². The molecule has 2 aromatic rings. The molecule has 0 aliphatic heterocycles. The molecule has 0 amide bonds. The number of nitrogens with one attached hydrogen (secondary N) is 1. The number of aryl methyl sites for hydroxylation is 3. The monoisotopic (exact) mass is 280 g/mol. The Kier molecular flexibility index (Phi) is 3.23. The van der Waals surface area contributed by atoms with E-state index < -0.39 is 10.0 Å². The average Bonchev–Trinajstić information content (AvgIpc) is 2.63. The smallest absolute Gasteiger partial charge is 0.267 e. The molecular weight excluding hydrogens is 264 g/mol. The molecule has 0 fully saturated rings. The first-order valence-electron chi connectivity index (χ1n) is 5.69. The van der Waals surface area contributed by atoms with Gasteiger partial charge in [0.2, 0.25) is 0 Å². The second-order valence-electron chi connectivity index (χ2n) is 4.48. The fourth-order valence-corrected chi connectivity index (χ4v) is 2.96. The number of hydrogen-bond donors (Lipinski definition) is 2. The molecule has 1 aromatic carbocycles. The van der Waals surface area contributed by atoms with E-state index in [1.807, 2.05) is 26.0 Å². The Morgan fingerprint density at radius 3 is 2.58 bits per heavy atom. The number of benzene rings is 1. The summed E-state index contributed by atoms with van der Waals surface area (Å²) in [6, 6.07) is 5.56. The summed E-state index contributed by atoms with van der Waals surface area (Å²) in [5.41, 5.74) is 7.96. The third-order valence-electron chi connectivity index (χ3n) is 2.75. The minimum Gasteiger partial charge on any atom is -0.381 e. The predicted octanol–water partition coefficient (Wildman–Crippen LogP) is 1.42. The maximum absolute atomic E-state index is 12.3. The van der Waals surface area contributed by atoms with Crippen LogP contribution in [0.4, 0.5) is 11.5 Å². The van der Waals surface area contributed by atoms with Crippen molar-refractivity contribution in [3.05, 3.63) is 35.5 Å². The summed E-state index contributed by atoms with van der Waals surface area (Å²) in [7, 11) is -2.10. The number of sulfonamides is 1. The Morgan fingerprint density at radius 1 is 1.32 bits per heavy atom. The summed E-state index contributed by atoms with van der Waals surface area (Å²) in [6.07, 6.45) is 1.38. The molecule has 6 nitrogen and oxygen atoms in total. The SMILES string of the molecule is Cc1ccc(C)c(NS(=O)(=O)c2cn(C)nc2N)c1. The van der Waals surface area contributed by atoms with E-state index in [9.17, 15) is 8.42 Å². The summed E-state index contributed by atoms with van der Waals surface area (Å²) in [6.45, 7) is 3.74. The second kappa shape index (κ2) is 4.58.